The fourth-order valence-electron chi connectivity index (χ4n) is 5.68. The third kappa shape index (κ3) is 4.54. The normalized spacial score (nSPS) is 23.7. The van der Waals surface area contributed by atoms with E-state index in [1.807, 2.05) is 49.4 Å². The lowest BCUT2D eigenvalue weighted by Gasteiger charge is -2.57. The second-order valence-electron chi connectivity index (χ2n) is 9.55. The molecule has 2 fully saturated rings. The maximum atomic E-state index is 13.7. The first kappa shape index (κ1) is 24.1. The number of hydrogen-bond donors (Lipinski definition) is 1. The number of sulfonamides is 1. The first-order valence-electron chi connectivity index (χ1n) is 12.2. The van der Waals surface area contributed by atoms with E-state index in [1.54, 1.807) is 22.5 Å². The summed E-state index contributed by atoms with van der Waals surface area (Å²) in [5.74, 6) is -0.250. The molecule has 0 aliphatic carbocycles. The molecule has 5 nitrogen and oxygen atoms in total. The summed E-state index contributed by atoms with van der Waals surface area (Å²) in [4.78, 5) is 2.63. The van der Waals surface area contributed by atoms with Crippen LogP contribution in [-0.4, -0.2) is 61.1 Å². The van der Waals surface area contributed by atoms with Crippen LogP contribution in [0.3, 0.4) is 0 Å². The van der Waals surface area contributed by atoms with E-state index in [9.17, 15) is 17.9 Å². The van der Waals surface area contributed by atoms with Crippen LogP contribution >= 0.6 is 0 Å². The highest BCUT2D eigenvalue weighted by molar-refractivity contribution is 7.89. The number of nitrogens with zero attached hydrogens (tertiary/aromatic N) is 2. The Morgan fingerprint density at radius 1 is 0.943 bits per heavy atom. The highest BCUT2D eigenvalue weighted by atomic mass is 32.2. The van der Waals surface area contributed by atoms with E-state index in [4.69, 9.17) is 0 Å². The van der Waals surface area contributed by atoms with Crippen molar-refractivity contribution < 1.29 is 17.9 Å². The van der Waals surface area contributed by atoms with E-state index >= 15 is 0 Å². The molecule has 0 saturated carbocycles. The van der Waals surface area contributed by atoms with Gasteiger partial charge in [0.05, 0.1) is 11.5 Å². The minimum Gasteiger partial charge on any atom is -0.395 e. The number of aliphatic hydroxyl groups excluding tert-OH is 1. The molecule has 2 aliphatic rings. The average molecular weight is 495 g/mol. The molecule has 2 heterocycles. The van der Waals surface area contributed by atoms with E-state index < -0.39 is 10.0 Å². The molecule has 35 heavy (non-hydrogen) atoms. The molecule has 0 spiro atoms. The van der Waals surface area contributed by atoms with Crippen molar-refractivity contribution in [1.82, 2.24) is 9.21 Å². The lowest BCUT2D eigenvalue weighted by Crippen LogP contribution is -2.67. The van der Waals surface area contributed by atoms with Crippen LogP contribution < -0.4 is 0 Å². The van der Waals surface area contributed by atoms with Gasteiger partial charge in [-0.15, -0.1) is 0 Å². The predicted octanol–water partition coefficient (Wildman–Crippen LogP) is 4.41. The molecule has 7 heteroatoms. The number of halogens is 1. The van der Waals surface area contributed by atoms with Crippen molar-refractivity contribution in [3.05, 3.63) is 89.7 Å². The Balaban J connectivity index is 1.43. The zero-order chi connectivity index (χ0) is 24.6. The summed E-state index contributed by atoms with van der Waals surface area (Å²) in [5, 5.41) is 10.2. The number of rotatable bonds is 5. The van der Waals surface area contributed by atoms with E-state index in [2.05, 4.69) is 4.90 Å². The molecular formula is C28H31FN2O3S. The standard InChI is InChI=1S/C28H31FN2O3S/c1-20-7-2-3-10-27(20)35(33,34)30-15-4-5-16-31-25(18-30)28(26(31)19-32)22-13-11-21(12-14-22)23-8-6-9-24(29)17-23/h2-3,6-14,17,25-26,28,32H,4-5,15-16,18-19H2,1H3/t25-,26+,28+/m0/s1. The highest BCUT2D eigenvalue weighted by Gasteiger charge is 2.50. The van der Waals surface area contributed by atoms with Gasteiger partial charge in [-0.1, -0.05) is 54.6 Å². The molecule has 0 radical (unpaired) electrons. The number of aryl methyl sites for hydroxylation is 1. The van der Waals surface area contributed by atoms with E-state index in [0.29, 0.717) is 18.0 Å². The van der Waals surface area contributed by atoms with Gasteiger partial charge in [0, 0.05) is 31.1 Å². The van der Waals surface area contributed by atoms with Crippen LogP contribution in [0.4, 0.5) is 4.39 Å². The van der Waals surface area contributed by atoms with Crippen molar-refractivity contribution in [3.63, 3.8) is 0 Å². The largest absolute Gasteiger partial charge is 0.395 e. The Morgan fingerprint density at radius 3 is 2.40 bits per heavy atom. The molecule has 1 N–H and O–H groups in total. The van der Waals surface area contributed by atoms with Gasteiger partial charge in [-0.25, -0.2) is 12.8 Å². The summed E-state index contributed by atoms with van der Waals surface area (Å²) >= 11 is 0. The van der Waals surface area contributed by atoms with Crippen LogP contribution in [0.1, 0.15) is 29.9 Å². The van der Waals surface area contributed by atoms with Gasteiger partial charge in [-0.3, -0.25) is 4.90 Å². The van der Waals surface area contributed by atoms with Crippen molar-refractivity contribution in [2.45, 2.75) is 42.7 Å². The first-order chi connectivity index (χ1) is 16.9. The van der Waals surface area contributed by atoms with Gasteiger partial charge in [0.25, 0.3) is 0 Å². The van der Waals surface area contributed by atoms with Gasteiger partial charge in [-0.05, 0) is 66.8 Å². The Hall–Kier alpha value is -2.58. The molecule has 2 saturated heterocycles. The molecule has 0 unspecified atom stereocenters. The monoisotopic (exact) mass is 494 g/mol. The van der Waals surface area contributed by atoms with Crippen LogP contribution in [0.2, 0.25) is 0 Å². The number of aliphatic hydroxyl groups is 1. The summed E-state index contributed by atoms with van der Waals surface area (Å²) in [6, 6.07) is 21.6. The fraction of sp³-hybridized carbons (Fsp3) is 0.357. The van der Waals surface area contributed by atoms with Crippen molar-refractivity contribution in [1.29, 1.82) is 0 Å². The van der Waals surface area contributed by atoms with Crippen LogP contribution in [-0.2, 0) is 10.0 Å². The maximum Gasteiger partial charge on any atom is 0.243 e. The van der Waals surface area contributed by atoms with E-state index in [-0.39, 0.29) is 30.4 Å². The Morgan fingerprint density at radius 2 is 1.69 bits per heavy atom. The van der Waals surface area contributed by atoms with E-state index in [0.717, 1.165) is 41.6 Å². The van der Waals surface area contributed by atoms with Crippen molar-refractivity contribution in [2.75, 3.05) is 26.2 Å². The summed E-state index contributed by atoms with van der Waals surface area (Å²) < 4.78 is 42.5. The number of benzene rings is 3. The Kier molecular flexibility index (Phi) is 6.77. The molecule has 3 aromatic rings. The number of hydrogen-bond acceptors (Lipinski definition) is 4. The molecule has 3 atom stereocenters. The molecule has 3 aromatic carbocycles. The molecule has 184 valence electrons. The van der Waals surface area contributed by atoms with Gasteiger partial charge in [0.2, 0.25) is 10.0 Å². The Bertz CT molecular complexity index is 1300. The number of fused-ring (bicyclic) bond motifs is 1. The lowest BCUT2D eigenvalue weighted by atomic mass is 9.74. The molecule has 2 aliphatic heterocycles. The molecule has 0 amide bonds. The summed E-state index contributed by atoms with van der Waals surface area (Å²) in [7, 11) is -3.62. The Labute approximate surface area is 206 Å². The average Bonchev–Trinajstić information content (AvgIpc) is 2.83. The molecule has 0 aromatic heterocycles. The second kappa shape index (κ2) is 9.82. The zero-order valence-electron chi connectivity index (χ0n) is 19.8. The fourth-order valence-corrected chi connectivity index (χ4v) is 7.40. The maximum absolute atomic E-state index is 13.7. The predicted molar refractivity (Wildman–Crippen MR) is 135 cm³/mol. The minimum atomic E-state index is -3.62. The van der Waals surface area contributed by atoms with Crippen molar-refractivity contribution >= 4 is 10.0 Å². The minimum absolute atomic E-state index is 0.00809. The topological polar surface area (TPSA) is 60.9 Å². The van der Waals surface area contributed by atoms with Gasteiger partial charge in [0.1, 0.15) is 5.82 Å². The summed E-state index contributed by atoms with van der Waals surface area (Å²) in [5.41, 5.74) is 3.55. The summed E-state index contributed by atoms with van der Waals surface area (Å²) in [6.45, 7) is 3.60. The third-order valence-corrected chi connectivity index (χ3v) is 9.52. The van der Waals surface area contributed by atoms with Crippen molar-refractivity contribution in [3.8, 4) is 11.1 Å². The van der Waals surface area contributed by atoms with E-state index in [1.165, 1.54) is 12.1 Å². The zero-order valence-corrected chi connectivity index (χ0v) is 20.7. The third-order valence-electron chi connectivity index (χ3n) is 7.50. The van der Waals surface area contributed by atoms with Gasteiger partial charge in [0.15, 0.2) is 0 Å². The molecule has 0 bridgehead atoms. The van der Waals surface area contributed by atoms with Gasteiger partial charge >= 0.3 is 0 Å². The summed E-state index contributed by atoms with van der Waals surface area (Å²) in [6.07, 6.45) is 1.68. The van der Waals surface area contributed by atoms with Crippen LogP contribution in [0.25, 0.3) is 11.1 Å². The SMILES string of the molecule is Cc1ccccc1S(=O)(=O)N1CCCCN2[C@H](CO)[C@H](c3ccc(-c4cccc(F)c4)cc3)[C@@H]2C1. The highest BCUT2D eigenvalue weighted by Crippen LogP contribution is 2.43. The van der Waals surface area contributed by atoms with Crippen molar-refractivity contribution in [2.24, 2.45) is 0 Å². The molecular weight excluding hydrogens is 463 g/mol. The smallest absolute Gasteiger partial charge is 0.243 e. The van der Waals surface area contributed by atoms with Gasteiger partial charge < -0.3 is 5.11 Å². The second-order valence-corrected chi connectivity index (χ2v) is 11.5. The first-order valence-corrected chi connectivity index (χ1v) is 13.6. The van der Waals surface area contributed by atoms with Crippen LogP contribution in [0.5, 0.6) is 0 Å². The van der Waals surface area contributed by atoms with Crippen LogP contribution in [0.15, 0.2) is 77.7 Å². The van der Waals surface area contributed by atoms with Gasteiger partial charge in [-0.2, -0.15) is 4.31 Å². The molecule has 5 rings (SSSR count). The van der Waals surface area contributed by atoms with Crippen LogP contribution in [0, 0.1) is 12.7 Å². The quantitative estimate of drug-likeness (QED) is 0.571. The lowest BCUT2D eigenvalue weighted by molar-refractivity contribution is -0.0553.